The highest BCUT2D eigenvalue weighted by atomic mass is 32.2. The standard InChI is InChI=1S/C12H20N2S.C3H9NO2S.C3H3NS.C2H6.CH4/c1-10-9-15-12(13-10)14(2)8-11-6-4-3-5-7-11;1-3-4-7(2,5)6;1-2-5-3-4-1;1-2;/h9,11H,3-8H2,1-2H3;4H,3H2,1-2H3;1-3H;1-2H3;1H4. The molecule has 1 fully saturated rings. The van der Waals surface area contributed by atoms with Crippen LogP contribution >= 0.6 is 22.7 Å². The smallest absolute Gasteiger partial charge is 0.208 e. The molecule has 9 heteroatoms. The number of nitrogens with one attached hydrogen (secondary N) is 1. The second-order valence-corrected chi connectivity index (χ2v) is 10.0. The van der Waals surface area contributed by atoms with Crippen molar-refractivity contribution in [2.45, 2.75) is 67.2 Å². The number of rotatable bonds is 5. The molecule has 1 saturated carbocycles. The van der Waals surface area contributed by atoms with E-state index in [9.17, 15) is 8.42 Å². The van der Waals surface area contributed by atoms with Crippen molar-refractivity contribution >= 4 is 37.8 Å². The molecule has 0 spiro atoms. The van der Waals surface area contributed by atoms with Gasteiger partial charge in [0.25, 0.3) is 0 Å². The Bertz CT molecular complexity index is 680. The van der Waals surface area contributed by atoms with Gasteiger partial charge in [-0.15, -0.1) is 22.7 Å². The summed E-state index contributed by atoms with van der Waals surface area (Å²) in [7, 11) is -0.751. The third kappa shape index (κ3) is 16.7. The fourth-order valence-electron chi connectivity index (χ4n) is 2.79. The van der Waals surface area contributed by atoms with Crippen LogP contribution in [-0.4, -0.2) is 44.8 Å². The molecule has 2 aromatic rings. The normalized spacial score (nSPS) is 13.3. The van der Waals surface area contributed by atoms with E-state index >= 15 is 0 Å². The molecule has 1 aliphatic carbocycles. The zero-order valence-electron chi connectivity index (χ0n) is 18.7. The Morgan fingerprint density at radius 1 is 1.23 bits per heavy atom. The Morgan fingerprint density at radius 2 is 1.87 bits per heavy atom. The lowest BCUT2D eigenvalue weighted by Crippen LogP contribution is -2.26. The van der Waals surface area contributed by atoms with E-state index in [-0.39, 0.29) is 7.43 Å². The van der Waals surface area contributed by atoms with Gasteiger partial charge >= 0.3 is 0 Å². The van der Waals surface area contributed by atoms with Crippen LogP contribution in [0.1, 0.15) is 66.0 Å². The molecule has 0 aliphatic heterocycles. The fourth-order valence-corrected chi connectivity index (χ4v) is 4.45. The van der Waals surface area contributed by atoms with Crippen LogP contribution in [0.5, 0.6) is 0 Å². The van der Waals surface area contributed by atoms with E-state index in [1.54, 1.807) is 41.3 Å². The van der Waals surface area contributed by atoms with Crippen molar-refractivity contribution < 1.29 is 8.42 Å². The van der Waals surface area contributed by atoms with E-state index in [4.69, 9.17) is 0 Å². The topological polar surface area (TPSA) is 75.2 Å². The van der Waals surface area contributed by atoms with E-state index in [1.807, 2.05) is 19.2 Å². The molecule has 176 valence electrons. The zero-order valence-corrected chi connectivity index (χ0v) is 21.2. The molecule has 0 saturated heterocycles. The number of sulfonamides is 1. The van der Waals surface area contributed by atoms with Crippen LogP contribution in [0, 0.1) is 12.8 Å². The summed E-state index contributed by atoms with van der Waals surface area (Å²) in [4.78, 5) is 10.6. The highest BCUT2D eigenvalue weighted by Gasteiger charge is 2.16. The summed E-state index contributed by atoms with van der Waals surface area (Å²) >= 11 is 3.36. The Morgan fingerprint density at radius 3 is 2.20 bits per heavy atom. The van der Waals surface area contributed by atoms with Crippen molar-refractivity contribution in [1.29, 1.82) is 0 Å². The summed E-state index contributed by atoms with van der Waals surface area (Å²) in [5.41, 5.74) is 2.94. The molecule has 1 N–H and O–H groups in total. The predicted molar refractivity (Wildman–Crippen MR) is 135 cm³/mol. The van der Waals surface area contributed by atoms with E-state index in [2.05, 4.69) is 38.9 Å². The lowest BCUT2D eigenvalue weighted by Gasteiger charge is -2.26. The van der Waals surface area contributed by atoms with Gasteiger partial charge in [0.1, 0.15) is 0 Å². The minimum absolute atomic E-state index is 0. The first-order valence-electron chi connectivity index (χ1n) is 10.2. The number of nitrogens with zero attached hydrogens (tertiary/aromatic N) is 3. The Labute approximate surface area is 193 Å². The van der Waals surface area contributed by atoms with Gasteiger partial charge in [-0.3, -0.25) is 4.98 Å². The maximum absolute atomic E-state index is 10.1. The molecule has 0 unspecified atom stereocenters. The molecule has 1 aliphatic rings. The van der Waals surface area contributed by atoms with E-state index in [1.165, 1.54) is 43.8 Å². The van der Waals surface area contributed by atoms with Gasteiger partial charge in [0.15, 0.2) is 5.13 Å². The maximum Gasteiger partial charge on any atom is 0.208 e. The zero-order chi connectivity index (χ0) is 22.1. The van der Waals surface area contributed by atoms with Gasteiger partial charge in [-0.1, -0.05) is 47.5 Å². The maximum atomic E-state index is 10.1. The van der Waals surface area contributed by atoms with Crippen LogP contribution < -0.4 is 9.62 Å². The Kier molecular flexibility index (Phi) is 19.4. The van der Waals surface area contributed by atoms with E-state index in [0.717, 1.165) is 17.9 Å². The van der Waals surface area contributed by atoms with Crippen molar-refractivity contribution in [3.05, 3.63) is 28.2 Å². The van der Waals surface area contributed by atoms with Crippen LogP contribution in [0.4, 0.5) is 5.13 Å². The molecule has 2 heterocycles. The number of hydrogen-bond donors (Lipinski definition) is 1. The molecule has 30 heavy (non-hydrogen) atoms. The van der Waals surface area contributed by atoms with Gasteiger partial charge < -0.3 is 4.90 Å². The molecule has 2 aromatic heterocycles. The molecule has 3 rings (SSSR count). The molecule has 0 radical (unpaired) electrons. The van der Waals surface area contributed by atoms with Crippen molar-refractivity contribution in [2.24, 2.45) is 5.92 Å². The highest BCUT2D eigenvalue weighted by molar-refractivity contribution is 7.88. The lowest BCUT2D eigenvalue weighted by atomic mass is 9.89. The van der Waals surface area contributed by atoms with Crippen molar-refractivity contribution in [2.75, 3.05) is 31.3 Å². The van der Waals surface area contributed by atoms with Gasteiger partial charge in [0.2, 0.25) is 10.0 Å². The quantitative estimate of drug-likeness (QED) is 0.585. The van der Waals surface area contributed by atoms with Crippen LogP contribution in [0.15, 0.2) is 22.5 Å². The van der Waals surface area contributed by atoms with E-state index < -0.39 is 10.0 Å². The SMILES string of the molecule is C.CC.CCNS(C)(=O)=O.Cc1csc(N(C)CC2CCCCC2)n1.c1cscn1. The minimum Gasteiger partial charge on any atom is -0.351 e. The first-order valence-corrected chi connectivity index (χ1v) is 13.9. The first-order chi connectivity index (χ1) is 13.8. The number of thiazole rings is 2. The second-order valence-electron chi connectivity index (χ2n) is 6.60. The van der Waals surface area contributed by atoms with Crippen LogP contribution in [-0.2, 0) is 10.0 Å². The number of aromatic nitrogens is 2. The van der Waals surface area contributed by atoms with Crippen molar-refractivity contribution in [3.8, 4) is 0 Å². The van der Waals surface area contributed by atoms with Crippen molar-refractivity contribution in [1.82, 2.24) is 14.7 Å². The van der Waals surface area contributed by atoms with Gasteiger partial charge in [0.05, 0.1) is 17.5 Å². The average molecular weight is 479 g/mol. The Hall–Kier alpha value is -1.03. The highest BCUT2D eigenvalue weighted by Crippen LogP contribution is 2.26. The fraction of sp³-hybridized carbons (Fsp3) is 0.714. The third-order valence-corrected chi connectivity index (χ3v) is 6.35. The van der Waals surface area contributed by atoms with Gasteiger partial charge in [-0.05, 0) is 25.7 Å². The van der Waals surface area contributed by atoms with Crippen molar-refractivity contribution in [3.63, 3.8) is 0 Å². The van der Waals surface area contributed by atoms with Gasteiger partial charge in [-0.2, -0.15) is 0 Å². The molecular formula is C21H42N4O2S3. The largest absolute Gasteiger partial charge is 0.351 e. The van der Waals surface area contributed by atoms with E-state index in [0.29, 0.717) is 6.54 Å². The summed E-state index contributed by atoms with van der Waals surface area (Å²) < 4.78 is 22.5. The average Bonchev–Trinajstić information content (AvgIpc) is 3.39. The summed E-state index contributed by atoms with van der Waals surface area (Å²) in [5, 5.41) is 5.24. The van der Waals surface area contributed by atoms with Crippen LogP contribution in [0.2, 0.25) is 0 Å². The number of anilines is 1. The van der Waals surface area contributed by atoms with Gasteiger partial charge in [-0.25, -0.2) is 18.1 Å². The monoisotopic (exact) mass is 478 g/mol. The van der Waals surface area contributed by atoms with Crippen LogP contribution in [0.25, 0.3) is 0 Å². The molecule has 0 atom stereocenters. The minimum atomic E-state index is -2.92. The molecule has 0 amide bonds. The first kappa shape index (κ1) is 31.2. The summed E-state index contributed by atoms with van der Waals surface area (Å²) in [6.07, 6.45) is 10.0. The number of aryl methyl sites for hydroxylation is 1. The molecular weight excluding hydrogens is 436 g/mol. The lowest BCUT2D eigenvalue weighted by molar-refractivity contribution is 0.362. The van der Waals surface area contributed by atoms with Crippen LogP contribution in [0.3, 0.4) is 0 Å². The second kappa shape index (κ2) is 18.7. The van der Waals surface area contributed by atoms with Gasteiger partial charge in [0, 0.05) is 37.1 Å². The number of hydrogen-bond acceptors (Lipinski definition) is 7. The Balaban J connectivity index is 0. The summed E-state index contributed by atoms with van der Waals surface area (Å²) in [6.45, 7) is 9.46. The third-order valence-electron chi connectivity index (χ3n) is 3.94. The summed E-state index contributed by atoms with van der Waals surface area (Å²) in [5.74, 6) is 0.896. The molecule has 0 bridgehead atoms. The molecule has 0 aromatic carbocycles. The predicted octanol–water partition coefficient (Wildman–Crippen LogP) is 5.83. The summed E-state index contributed by atoms with van der Waals surface area (Å²) in [6, 6.07) is 0. The molecule has 6 nitrogen and oxygen atoms in total.